The molecule has 0 bridgehead atoms. The lowest BCUT2D eigenvalue weighted by atomic mass is 9.90. The molecular formula is C20H31FN2O. The molecule has 1 aliphatic rings. The Morgan fingerprint density at radius 1 is 1.12 bits per heavy atom. The number of carbonyl (C=O) groups is 1. The quantitative estimate of drug-likeness (QED) is 0.857. The Morgan fingerprint density at radius 3 is 2.17 bits per heavy atom. The molecule has 2 rings (SSSR count). The molecule has 1 aromatic carbocycles. The fourth-order valence-corrected chi connectivity index (χ4v) is 3.59. The van der Waals surface area contributed by atoms with Crippen molar-refractivity contribution in [2.45, 2.75) is 53.1 Å². The first-order chi connectivity index (χ1) is 11.4. The van der Waals surface area contributed by atoms with Crippen molar-refractivity contribution in [3.63, 3.8) is 0 Å². The first-order valence-electron chi connectivity index (χ1n) is 9.14. The summed E-state index contributed by atoms with van der Waals surface area (Å²) in [6, 6.07) is 6.93. The molecule has 0 spiro atoms. The van der Waals surface area contributed by atoms with E-state index in [-0.39, 0.29) is 23.7 Å². The minimum Gasteiger partial charge on any atom is -0.353 e. The maximum Gasteiger partial charge on any atom is 0.223 e. The molecule has 1 aromatic rings. The molecule has 1 fully saturated rings. The van der Waals surface area contributed by atoms with E-state index < -0.39 is 0 Å². The van der Waals surface area contributed by atoms with E-state index in [2.05, 4.69) is 37.9 Å². The summed E-state index contributed by atoms with van der Waals surface area (Å²) in [4.78, 5) is 14.9. The number of benzene rings is 1. The summed E-state index contributed by atoms with van der Waals surface area (Å²) in [6.45, 7) is 11.3. The van der Waals surface area contributed by atoms with Gasteiger partial charge in [0, 0.05) is 18.5 Å². The normalized spacial score (nSPS) is 17.0. The van der Waals surface area contributed by atoms with Gasteiger partial charge in [-0.2, -0.15) is 0 Å². The van der Waals surface area contributed by atoms with Gasteiger partial charge in [0.1, 0.15) is 5.82 Å². The fourth-order valence-electron chi connectivity index (χ4n) is 3.59. The van der Waals surface area contributed by atoms with Gasteiger partial charge in [-0.15, -0.1) is 0 Å². The molecule has 1 N–H and O–H groups in total. The zero-order valence-corrected chi connectivity index (χ0v) is 15.4. The summed E-state index contributed by atoms with van der Waals surface area (Å²) in [6.07, 6.45) is 1.80. The van der Waals surface area contributed by atoms with Crippen LogP contribution in [0.25, 0.3) is 0 Å². The Kier molecular flexibility index (Phi) is 6.79. The van der Waals surface area contributed by atoms with Crippen LogP contribution >= 0.6 is 0 Å². The Morgan fingerprint density at radius 2 is 1.67 bits per heavy atom. The number of rotatable bonds is 6. The van der Waals surface area contributed by atoms with Crippen molar-refractivity contribution < 1.29 is 9.18 Å². The first-order valence-corrected chi connectivity index (χ1v) is 9.14. The molecule has 0 saturated carbocycles. The van der Waals surface area contributed by atoms with Crippen molar-refractivity contribution in [1.29, 1.82) is 0 Å². The summed E-state index contributed by atoms with van der Waals surface area (Å²) in [7, 11) is 0. The molecule has 4 heteroatoms. The Hall–Kier alpha value is -1.42. The molecule has 0 aliphatic carbocycles. The van der Waals surface area contributed by atoms with Crippen molar-refractivity contribution in [2.24, 2.45) is 17.8 Å². The molecule has 0 aromatic heterocycles. The molecule has 1 aliphatic heterocycles. The van der Waals surface area contributed by atoms with Crippen molar-refractivity contribution >= 4 is 5.91 Å². The minimum absolute atomic E-state index is 0.120. The minimum atomic E-state index is -0.195. The van der Waals surface area contributed by atoms with E-state index in [1.54, 1.807) is 0 Å². The number of amides is 1. The summed E-state index contributed by atoms with van der Waals surface area (Å²) in [5.74, 6) is 1.04. The first kappa shape index (κ1) is 18.9. The van der Waals surface area contributed by atoms with E-state index in [9.17, 15) is 9.18 Å². The molecule has 0 unspecified atom stereocenters. The summed E-state index contributed by atoms with van der Waals surface area (Å²) in [5, 5.41) is 3.26. The van der Waals surface area contributed by atoms with Gasteiger partial charge in [-0.1, -0.05) is 39.8 Å². The van der Waals surface area contributed by atoms with E-state index in [0.717, 1.165) is 38.0 Å². The number of hydrogen-bond acceptors (Lipinski definition) is 2. The molecule has 24 heavy (non-hydrogen) atoms. The molecule has 1 heterocycles. The SMILES string of the molecule is CC(C)C(NC(=O)C1CCN(Cc2ccc(F)cc2)CC1)C(C)C. The van der Waals surface area contributed by atoms with Crippen LogP contribution in [0.3, 0.4) is 0 Å². The van der Waals surface area contributed by atoms with Gasteiger partial charge in [-0.05, 0) is 55.5 Å². The van der Waals surface area contributed by atoms with Gasteiger partial charge in [0.2, 0.25) is 5.91 Å². The average molecular weight is 334 g/mol. The largest absolute Gasteiger partial charge is 0.353 e. The molecule has 0 atom stereocenters. The summed E-state index contributed by atoms with van der Waals surface area (Å²) >= 11 is 0. The lowest BCUT2D eigenvalue weighted by Gasteiger charge is -2.33. The standard InChI is InChI=1S/C20H31FN2O/c1-14(2)19(15(3)4)22-20(24)17-9-11-23(12-10-17)13-16-5-7-18(21)8-6-16/h5-8,14-15,17,19H,9-13H2,1-4H3,(H,22,24). The molecular weight excluding hydrogens is 303 g/mol. The topological polar surface area (TPSA) is 32.3 Å². The molecule has 1 saturated heterocycles. The second-order valence-electron chi connectivity index (χ2n) is 7.70. The Labute approximate surface area is 145 Å². The monoisotopic (exact) mass is 334 g/mol. The zero-order chi connectivity index (χ0) is 17.7. The average Bonchev–Trinajstić information content (AvgIpc) is 2.54. The van der Waals surface area contributed by atoms with Crippen LogP contribution in [0.15, 0.2) is 24.3 Å². The molecule has 134 valence electrons. The van der Waals surface area contributed by atoms with Gasteiger partial charge in [0.15, 0.2) is 0 Å². The van der Waals surface area contributed by atoms with Crippen LogP contribution in [-0.2, 0) is 11.3 Å². The second-order valence-corrected chi connectivity index (χ2v) is 7.70. The second kappa shape index (κ2) is 8.61. The van der Waals surface area contributed by atoms with Gasteiger partial charge >= 0.3 is 0 Å². The van der Waals surface area contributed by atoms with Crippen LogP contribution in [0, 0.1) is 23.6 Å². The van der Waals surface area contributed by atoms with Gasteiger partial charge < -0.3 is 5.32 Å². The van der Waals surface area contributed by atoms with Crippen molar-refractivity contribution in [1.82, 2.24) is 10.2 Å². The van der Waals surface area contributed by atoms with Crippen molar-refractivity contribution in [3.05, 3.63) is 35.6 Å². The smallest absolute Gasteiger partial charge is 0.223 e. The highest BCUT2D eigenvalue weighted by atomic mass is 19.1. The van der Waals surface area contributed by atoms with Gasteiger partial charge in [0.05, 0.1) is 0 Å². The number of carbonyl (C=O) groups excluding carboxylic acids is 1. The third-order valence-corrected chi connectivity index (χ3v) is 5.02. The van der Waals surface area contributed by atoms with E-state index in [0.29, 0.717) is 11.8 Å². The lowest BCUT2D eigenvalue weighted by Crippen LogP contribution is -2.47. The van der Waals surface area contributed by atoms with Crippen LogP contribution in [0.5, 0.6) is 0 Å². The molecule has 0 radical (unpaired) electrons. The Balaban J connectivity index is 1.81. The number of piperidine rings is 1. The van der Waals surface area contributed by atoms with E-state index in [1.165, 1.54) is 12.1 Å². The predicted molar refractivity (Wildman–Crippen MR) is 96.0 cm³/mol. The molecule has 3 nitrogen and oxygen atoms in total. The van der Waals surface area contributed by atoms with Crippen LogP contribution < -0.4 is 5.32 Å². The van der Waals surface area contributed by atoms with Crippen molar-refractivity contribution in [2.75, 3.05) is 13.1 Å². The maximum absolute atomic E-state index is 13.0. The highest BCUT2D eigenvalue weighted by molar-refractivity contribution is 5.79. The van der Waals surface area contributed by atoms with Crippen LogP contribution in [0.4, 0.5) is 4.39 Å². The number of hydrogen-bond donors (Lipinski definition) is 1. The van der Waals surface area contributed by atoms with Crippen LogP contribution in [-0.4, -0.2) is 29.9 Å². The summed E-state index contributed by atoms with van der Waals surface area (Å²) in [5.41, 5.74) is 1.12. The van der Waals surface area contributed by atoms with Gasteiger partial charge in [-0.3, -0.25) is 9.69 Å². The predicted octanol–water partition coefficient (Wildman–Crippen LogP) is 3.83. The van der Waals surface area contributed by atoms with Crippen LogP contribution in [0.1, 0.15) is 46.1 Å². The lowest BCUT2D eigenvalue weighted by molar-refractivity contribution is -0.127. The van der Waals surface area contributed by atoms with Crippen LogP contribution in [0.2, 0.25) is 0 Å². The number of nitrogens with one attached hydrogen (secondary N) is 1. The molecule has 1 amide bonds. The summed E-state index contributed by atoms with van der Waals surface area (Å²) < 4.78 is 13.0. The Bertz CT molecular complexity index is 511. The maximum atomic E-state index is 13.0. The van der Waals surface area contributed by atoms with E-state index >= 15 is 0 Å². The van der Waals surface area contributed by atoms with Gasteiger partial charge in [0.25, 0.3) is 0 Å². The third-order valence-electron chi connectivity index (χ3n) is 5.02. The number of nitrogens with zero attached hydrogens (tertiary/aromatic N) is 1. The van der Waals surface area contributed by atoms with E-state index in [1.807, 2.05) is 12.1 Å². The third kappa shape index (κ3) is 5.30. The zero-order valence-electron chi connectivity index (χ0n) is 15.4. The highest BCUT2D eigenvalue weighted by Gasteiger charge is 2.28. The van der Waals surface area contributed by atoms with Gasteiger partial charge in [-0.25, -0.2) is 4.39 Å². The van der Waals surface area contributed by atoms with Crippen molar-refractivity contribution in [3.8, 4) is 0 Å². The fraction of sp³-hybridized carbons (Fsp3) is 0.650. The highest BCUT2D eigenvalue weighted by Crippen LogP contribution is 2.21. The number of halogens is 1. The number of likely N-dealkylation sites (tertiary alicyclic amines) is 1. The van der Waals surface area contributed by atoms with E-state index in [4.69, 9.17) is 0 Å².